The minimum atomic E-state index is -4.60. The van der Waals surface area contributed by atoms with Gasteiger partial charge < -0.3 is 9.84 Å². The Balaban J connectivity index is 2.08. The number of nitrogens with zero attached hydrogens (tertiary/aromatic N) is 2. The first-order valence-corrected chi connectivity index (χ1v) is 6.74. The molecule has 19 heavy (non-hydrogen) atoms. The van der Waals surface area contributed by atoms with E-state index in [2.05, 4.69) is 4.98 Å². The Morgan fingerprint density at radius 2 is 2.37 bits per heavy atom. The molecular formula is C11H15F3N2O2S. The Labute approximate surface area is 112 Å². The van der Waals surface area contributed by atoms with Crippen LogP contribution < -0.4 is 0 Å². The average molecular weight is 296 g/mol. The van der Waals surface area contributed by atoms with Crippen LogP contribution in [0.1, 0.15) is 16.7 Å². The maximum atomic E-state index is 12.4. The minimum absolute atomic E-state index is 0.303. The van der Waals surface area contributed by atoms with Gasteiger partial charge >= 0.3 is 6.18 Å². The molecule has 2 rings (SSSR count). The molecule has 0 bridgehead atoms. The smallest absolute Gasteiger partial charge is 0.382 e. The van der Waals surface area contributed by atoms with Crippen molar-refractivity contribution in [3.8, 4) is 0 Å². The molecule has 0 spiro atoms. The fraction of sp³-hybridized carbons (Fsp3) is 0.727. The third-order valence-corrected chi connectivity index (χ3v) is 4.01. The van der Waals surface area contributed by atoms with Crippen molar-refractivity contribution >= 4 is 11.3 Å². The number of thiazole rings is 1. The van der Waals surface area contributed by atoms with Crippen molar-refractivity contribution in [1.29, 1.82) is 0 Å². The lowest BCUT2D eigenvalue weighted by atomic mass is 10.2. The van der Waals surface area contributed by atoms with Gasteiger partial charge in [-0.3, -0.25) is 4.90 Å². The van der Waals surface area contributed by atoms with E-state index in [4.69, 9.17) is 4.74 Å². The normalized spacial score (nSPS) is 23.5. The molecule has 1 saturated heterocycles. The summed E-state index contributed by atoms with van der Waals surface area (Å²) >= 11 is 1.40. The zero-order chi connectivity index (χ0) is 14.0. The number of alkyl halides is 3. The number of ether oxygens (including phenoxy) is 1. The molecule has 8 heteroatoms. The number of halogens is 3. The lowest BCUT2D eigenvalue weighted by Crippen LogP contribution is -2.47. The Bertz CT molecular complexity index is 424. The molecule has 0 saturated carbocycles. The van der Waals surface area contributed by atoms with Gasteiger partial charge in [0, 0.05) is 24.2 Å². The quantitative estimate of drug-likeness (QED) is 0.923. The Morgan fingerprint density at radius 1 is 1.63 bits per heavy atom. The van der Waals surface area contributed by atoms with E-state index in [1.54, 1.807) is 4.90 Å². The monoisotopic (exact) mass is 296 g/mol. The van der Waals surface area contributed by atoms with Crippen molar-refractivity contribution in [1.82, 2.24) is 9.88 Å². The molecule has 1 fully saturated rings. The highest BCUT2D eigenvalue weighted by atomic mass is 32.1. The lowest BCUT2D eigenvalue weighted by molar-refractivity contribution is -0.212. The maximum absolute atomic E-state index is 12.4. The summed E-state index contributed by atoms with van der Waals surface area (Å²) < 4.78 is 42.6. The zero-order valence-electron chi connectivity index (χ0n) is 10.4. The first-order chi connectivity index (χ1) is 8.88. The second-order valence-corrected chi connectivity index (χ2v) is 5.36. The second kappa shape index (κ2) is 5.74. The zero-order valence-corrected chi connectivity index (χ0v) is 11.2. The molecule has 2 heterocycles. The van der Waals surface area contributed by atoms with Gasteiger partial charge in [-0.25, -0.2) is 4.98 Å². The van der Waals surface area contributed by atoms with Gasteiger partial charge in [-0.2, -0.15) is 13.2 Å². The Hall–Kier alpha value is -0.700. The van der Waals surface area contributed by atoms with Gasteiger partial charge in [-0.05, 0) is 6.92 Å². The molecule has 1 aliphatic heterocycles. The number of hydrogen-bond acceptors (Lipinski definition) is 5. The Morgan fingerprint density at radius 3 is 2.95 bits per heavy atom. The van der Waals surface area contributed by atoms with E-state index < -0.39 is 18.8 Å². The number of aliphatic hydroxyl groups excluding tert-OH is 1. The van der Waals surface area contributed by atoms with Crippen LogP contribution in [0.25, 0.3) is 0 Å². The van der Waals surface area contributed by atoms with Gasteiger partial charge in [0.25, 0.3) is 0 Å². The molecule has 4 nitrogen and oxygen atoms in total. The number of β-amino-alcohol motifs (C(OH)–C–C–N with tert-alkyl or cyclic N) is 1. The van der Waals surface area contributed by atoms with Gasteiger partial charge in [0.2, 0.25) is 0 Å². The van der Waals surface area contributed by atoms with E-state index >= 15 is 0 Å². The molecule has 0 aromatic carbocycles. The summed E-state index contributed by atoms with van der Waals surface area (Å²) in [7, 11) is 0. The van der Waals surface area contributed by atoms with Crippen LogP contribution in [-0.2, 0) is 4.74 Å². The van der Waals surface area contributed by atoms with Crippen LogP contribution in [0.15, 0.2) is 5.38 Å². The van der Waals surface area contributed by atoms with Crippen LogP contribution in [0.3, 0.4) is 0 Å². The highest BCUT2D eigenvalue weighted by molar-refractivity contribution is 7.09. The highest BCUT2D eigenvalue weighted by Crippen LogP contribution is 2.29. The predicted molar refractivity (Wildman–Crippen MR) is 64.0 cm³/mol. The summed E-state index contributed by atoms with van der Waals surface area (Å²) in [5.41, 5.74) is 0.835. The van der Waals surface area contributed by atoms with Gasteiger partial charge in [0.1, 0.15) is 5.01 Å². The number of rotatable bonds is 3. The van der Waals surface area contributed by atoms with Crippen molar-refractivity contribution < 1.29 is 23.0 Å². The number of hydrogen-bond donors (Lipinski definition) is 1. The molecular weight excluding hydrogens is 281 g/mol. The third-order valence-electron chi connectivity index (χ3n) is 2.95. The summed E-state index contributed by atoms with van der Waals surface area (Å²) in [6.45, 7) is 2.41. The first-order valence-electron chi connectivity index (χ1n) is 5.86. The highest BCUT2D eigenvalue weighted by Gasteiger charge is 2.41. The summed E-state index contributed by atoms with van der Waals surface area (Å²) in [4.78, 5) is 5.87. The molecule has 0 radical (unpaired) electrons. The molecule has 0 aliphatic carbocycles. The molecule has 108 valence electrons. The van der Waals surface area contributed by atoms with Crippen LogP contribution in [-0.4, -0.2) is 53.6 Å². The van der Waals surface area contributed by atoms with E-state index in [0.717, 1.165) is 10.7 Å². The number of aryl methyl sites for hydroxylation is 1. The summed E-state index contributed by atoms with van der Waals surface area (Å²) in [6.07, 6.45) is -6.93. The first kappa shape index (κ1) is 14.7. The molecule has 0 unspecified atom stereocenters. The molecule has 1 aliphatic rings. The summed E-state index contributed by atoms with van der Waals surface area (Å²) in [5.74, 6) is 0. The fourth-order valence-corrected chi connectivity index (χ4v) is 2.85. The van der Waals surface area contributed by atoms with E-state index in [1.165, 1.54) is 11.3 Å². The number of morpholine rings is 1. The van der Waals surface area contributed by atoms with Crippen LogP contribution in [0.4, 0.5) is 13.2 Å². The molecule has 1 aromatic rings. The third kappa shape index (κ3) is 3.65. The molecule has 2 atom stereocenters. The van der Waals surface area contributed by atoms with E-state index in [9.17, 15) is 18.3 Å². The average Bonchev–Trinajstić information content (AvgIpc) is 2.75. The lowest BCUT2D eigenvalue weighted by Gasteiger charge is -2.35. The largest absolute Gasteiger partial charge is 0.415 e. The minimum Gasteiger partial charge on any atom is -0.382 e. The molecule has 1 aromatic heterocycles. The molecule has 1 N–H and O–H groups in total. The van der Waals surface area contributed by atoms with Crippen molar-refractivity contribution in [2.45, 2.75) is 25.2 Å². The van der Waals surface area contributed by atoms with E-state index in [-0.39, 0.29) is 6.04 Å². The van der Waals surface area contributed by atoms with Gasteiger partial charge in [-0.1, -0.05) is 0 Å². The van der Waals surface area contributed by atoms with Crippen molar-refractivity contribution in [2.75, 3.05) is 26.3 Å². The SMILES string of the molecule is Cc1csc([C@@H]2COCCN2C[C@H](O)C(F)(F)F)n1. The van der Waals surface area contributed by atoms with Gasteiger partial charge in [0.15, 0.2) is 6.10 Å². The number of aromatic nitrogens is 1. The van der Waals surface area contributed by atoms with Gasteiger partial charge in [-0.15, -0.1) is 11.3 Å². The van der Waals surface area contributed by atoms with Gasteiger partial charge in [0.05, 0.1) is 19.3 Å². The van der Waals surface area contributed by atoms with Crippen LogP contribution in [0.2, 0.25) is 0 Å². The summed E-state index contributed by atoms with van der Waals surface area (Å²) in [5, 5.41) is 11.8. The fourth-order valence-electron chi connectivity index (χ4n) is 1.93. The van der Waals surface area contributed by atoms with E-state index in [0.29, 0.717) is 19.8 Å². The second-order valence-electron chi connectivity index (χ2n) is 4.47. The van der Waals surface area contributed by atoms with Crippen molar-refractivity contribution in [3.05, 3.63) is 16.1 Å². The van der Waals surface area contributed by atoms with Crippen molar-refractivity contribution in [3.63, 3.8) is 0 Å². The van der Waals surface area contributed by atoms with Crippen molar-refractivity contribution in [2.24, 2.45) is 0 Å². The van der Waals surface area contributed by atoms with Crippen LogP contribution >= 0.6 is 11.3 Å². The standard InChI is InChI=1S/C11H15F3N2O2S/c1-7-6-19-10(15-7)8-5-18-3-2-16(8)4-9(17)11(12,13)14/h6,8-9,17H,2-5H2,1H3/t8-,9-/m0/s1. The van der Waals surface area contributed by atoms with Crippen LogP contribution in [0.5, 0.6) is 0 Å². The summed E-state index contributed by atoms with van der Waals surface area (Å²) in [6, 6.07) is -0.315. The predicted octanol–water partition coefficient (Wildman–Crippen LogP) is 1.75. The van der Waals surface area contributed by atoms with E-state index in [1.807, 2.05) is 12.3 Å². The Kier molecular flexibility index (Phi) is 4.44. The topological polar surface area (TPSA) is 45.6 Å². The molecule has 0 amide bonds. The maximum Gasteiger partial charge on any atom is 0.415 e. The van der Waals surface area contributed by atoms with Crippen LogP contribution in [0, 0.1) is 6.92 Å². The number of aliphatic hydroxyl groups is 1.